The number of rotatable bonds is 5. The van der Waals surface area contributed by atoms with Crippen molar-refractivity contribution in [1.29, 1.82) is 0 Å². The van der Waals surface area contributed by atoms with Gasteiger partial charge in [0.25, 0.3) is 0 Å². The van der Waals surface area contributed by atoms with Gasteiger partial charge in [-0.05, 0) is 55.5 Å². The lowest BCUT2D eigenvalue weighted by Crippen LogP contribution is -2.34. The average Bonchev–Trinajstić information content (AvgIpc) is 2.87. The standard InChI is InChI=1S/C16H19F2NOS/c1-9-6-7-21-16(9)11(3)19-10(2)15(20)12-4-5-13(17)14(18)8-12/h4-8,10-11,15,19-20H,1-3H3. The zero-order valence-electron chi connectivity index (χ0n) is 12.2. The van der Waals surface area contributed by atoms with Crippen LogP contribution in [0.1, 0.15) is 42.0 Å². The summed E-state index contributed by atoms with van der Waals surface area (Å²) in [6.07, 6.45) is -0.900. The molecule has 5 heteroatoms. The molecule has 2 rings (SSSR count). The van der Waals surface area contributed by atoms with Gasteiger partial charge < -0.3 is 10.4 Å². The van der Waals surface area contributed by atoms with Crippen molar-refractivity contribution in [3.8, 4) is 0 Å². The number of nitrogens with one attached hydrogen (secondary N) is 1. The fraction of sp³-hybridized carbons (Fsp3) is 0.375. The second-order valence-corrected chi connectivity index (χ2v) is 6.21. The first-order valence-electron chi connectivity index (χ1n) is 6.83. The van der Waals surface area contributed by atoms with Gasteiger partial charge in [0, 0.05) is 17.0 Å². The molecule has 3 unspecified atom stereocenters. The smallest absolute Gasteiger partial charge is 0.159 e. The van der Waals surface area contributed by atoms with Crippen LogP contribution < -0.4 is 5.32 Å². The summed E-state index contributed by atoms with van der Waals surface area (Å²) in [5, 5.41) is 15.6. The summed E-state index contributed by atoms with van der Waals surface area (Å²) in [4.78, 5) is 1.21. The Hall–Kier alpha value is -1.30. The van der Waals surface area contributed by atoms with Crippen molar-refractivity contribution < 1.29 is 13.9 Å². The van der Waals surface area contributed by atoms with Crippen molar-refractivity contribution in [1.82, 2.24) is 5.32 Å². The minimum atomic E-state index is -0.944. The zero-order valence-corrected chi connectivity index (χ0v) is 13.0. The maximum Gasteiger partial charge on any atom is 0.159 e. The van der Waals surface area contributed by atoms with E-state index in [1.807, 2.05) is 26.2 Å². The number of aliphatic hydroxyl groups excluding tert-OH is 1. The van der Waals surface area contributed by atoms with E-state index in [2.05, 4.69) is 11.4 Å². The molecule has 0 spiro atoms. The van der Waals surface area contributed by atoms with Crippen molar-refractivity contribution >= 4 is 11.3 Å². The molecule has 1 aromatic carbocycles. The van der Waals surface area contributed by atoms with Crippen LogP contribution in [0.25, 0.3) is 0 Å². The number of hydrogen-bond donors (Lipinski definition) is 2. The van der Waals surface area contributed by atoms with E-state index < -0.39 is 17.7 Å². The van der Waals surface area contributed by atoms with Gasteiger partial charge in [-0.2, -0.15) is 0 Å². The minimum Gasteiger partial charge on any atom is -0.387 e. The largest absolute Gasteiger partial charge is 0.387 e. The lowest BCUT2D eigenvalue weighted by atomic mass is 10.0. The Kier molecular flexibility index (Phi) is 5.08. The third-order valence-corrected chi connectivity index (χ3v) is 4.77. The van der Waals surface area contributed by atoms with Crippen LogP contribution in [0.15, 0.2) is 29.6 Å². The van der Waals surface area contributed by atoms with E-state index in [9.17, 15) is 13.9 Å². The number of aryl methyl sites for hydroxylation is 1. The highest BCUT2D eigenvalue weighted by Gasteiger charge is 2.21. The molecule has 3 atom stereocenters. The molecule has 2 aromatic rings. The highest BCUT2D eigenvalue weighted by atomic mass is 32.1. The first-order valence-corrected chi connectivity index (χ1v) is 7.71. The summed E-state index contributed by atoms with van der Waals surface area (Å²) in [6.45, 7) is 5.89. The van der Waals surface area contributed by atoms with Gasteiger partial charge in [-0.1, -0.05) is 6.07 Å². The van der Waals surface area contributed by atoms with Gasteiger partial charge in [0.05, 0.1) is 6.10 Å². The molecule has 1 heterocycles. The molecule has 0 fully saturated rings. The first-order chi connectivity index (χ1) is 9.90. The highest BCUT2D eigenvalue weighted by Crippen LogP contribution is 2.26. The second kappa shape index (κ2) is 6.64. The molecular weight excluding hydrogens is 292 g/mol. The third-order valence-electron chi connectivity index (χ3n) is 3.57. The zero-order chi connectivity index (χ0) is 15.6. The van der Waals surface area contributed by atoms with Crippen LogP contribution in [0.3, 0.4) is 0 Å². The molecule has 0 saturated carbocycles. The molecule has 1 aromatic heterocycles. The van der Waals surface area contributed by atoms with E-state index in [0.29, 0.717) is 5.56 Å². The van der Waals surface area contributed by atoms with E-state index in [1.54, 1.807) is 11.3 Å². The number of aliphatic hydroxyl groups is 1. The number of benzene rings is 1. The third kappa shape index (κ3) is 3.67. The van der Waals surface area contributed by atoms with E-state index >= 15 is 0 Å². The molecule has 0 saturated heterocycles. The Morgan fingerprint density at radius 2 is 1.86 bits per heavy atom. The molecule has 0 amide bonds. The Morgan fingerprint density at radius 1 is 1.14 bits per heavy atom. The van der Waals surface area contributed by atoms with Gasteiger partial charge >= 0.3 is 0 Å². The van der Waals surface area contributed by atoms with Crippen LogP contribution in [-0.2, 0) is 0 Å². The molecular formula is C16H19F2NOS. The van der Waals surface area contributed by atoms with E-state index in [-0.39, 0.29) is 12.1 Å². The van der Waals surface area contributed by atoms with E-state index in [1.165, 1.54) is 16.5 Å². The van der Waals surface area contributed by atoms with Crippen molar-refractivity contribution in [2.24, 2.45) is 0 Å². The summed E-state index contributed by atoms with van der Waals surface area (Å²) in [5.41, 5.74) is 1.57. The summed E-state index contributed by atoms with van der Waals surface area (Å²) >= 11 is 1.66. The van der Waals surface area contributed by atoms with Crippen LogP contribution in [-0.4, -0.2) is 11.1 Å². The number of hydrogen-bond acceptors (Lipinski definition) is 3. The van der Waals surface area contributed by atoms with E-state index in [0.717, 1.165) is 12.1 Å². The van der Waals surface area contributed by atoms with Crippen molar-refractivity contribution in [3.05, 3.63) is 57.3 Å². The van der Waals surface area contributed by atoms with Gasteiger partial charge in [-0.15, -0.1) is 11.3 Å². The van der Waals surface area contributed by atoms with Crippen LogP contribution in [0.4, 0.5) is 8.78 Å². The average molecular weight is 311 g/mol. The molecule has 0 aliphatic rings. The first kappa shape index (κ1) is 16.1. The maximum atomic E-state index is 13.2. The minimum absolute atomic E-state index is 0.0833. The molecule has 21 heavy (non-hydrogen) atoms. The molecule has 0 aliphatic heterocycles. The lowest BCUT2D eigenvalue weighted by molar-refractivity contribution is 0.130. The molecule has 114 valence electrons. The summed E-state index contributed by atoms with van der Waals surface area (Å²) in [6, 6.07) is 5.33. The maximum absolute atomic E-state index is 13.2. The highest BCUT2D eigenvalue weighted by molar-refractivity contribution is 7.10. The van der Waals surface area contributed by atoms with Gasteiger partial charge in [-0.3, -0.25) is 0 Å². The molecule has 2 nitrogen and oxygen atoms in total. The van der Waals surface area contributed by atoms with Crippen LogP contribution in [0, 0.1) is 18.6 Å². The Balaban J connectivity index is 2.07. The Labute approximate surface area is 127 Å². The fourth-order valence-electron chi connectivity index (χ4n) is 2.37. The summed E-state index contributed by atoms with van der Waals surface area (Å²) in [5.74, 6) is -1.85. The van der Waals surface area contributed by atoms with Crippen molar-refractivity contribution in [3.63, 3.8) is 0 Å². The number of thiophene rings is 1. The molecule has 0 radical (unpaired) electrons. The predicted molar refractivity (Wildman–Crippen MR) is 81.4 cm³/mol. The monoisotopic (exact) mass is 311 g/mol. The number of halogens is 2. The normalized spacial score (nSPS) is 15.7. The SMILES string of the molecule is Cc1ccsc1C(C)NC(C)C(O)c1ccc(F)c(F)c1. The lowest BCUT2D eigenvalue weighted by Gasteiger charge is -2.24. The van der Waals surface area contributed by atoms with Gasteiger partial charge in [-0.25, -0.2) is 8.78 Å². The van der Waals surface area contributed by atoms with Crippen molar-refractivity contribution in [2.75, 3.05) is 0 Å². The summed E-state index contributed by atoms with van der Waals surface area (Å²) < 4.78 is 26.2. The van der Waals surface area contributed by atoms with Gasteiger partial charge in [0.2, 0.25) is 0 Å². The molecule has 0 aliphatic carbocycles. The Bertz CT molecular complexity index is 614. The fourth-order valence-corrected chi connectivity index (χ4v) is 3.32. The van der Waals surface area contributed by atoms with Gasteiger partial charge in [0.1, 0.15) is 0 Å². The van der Waals surface area contributed by atoms with Crippen molar-refractivity contribution in [2.45, 2.75) is 39.0 Å². The quantitative estimate of drug-likeness (QED) is 0.871. The molecule has 0 bridgehead atoms. The van der Waals surface area contributed by atoms with Gasteiger partial charge in [0.15, 0.2) is 11.6 Å². The van der Waals surface area contributed by atoms with E-state index in [4.69, 9.17) is 0 Å². The summed E-state index contributed by atoms with van der Waals surface area (Å²) in [7, 11) is 0. The topological polar surface area (TPSA) is 32.3 Å². The predicted octanol–water partition coefficient (Wildman–Crippen LogP) is 4.11. The van der Waals surface area contributed by atoms with Crippen LogP contribution in [0.5, 0.6) is 0 Å². The Morgan fingerprint density at radius 3 is 2.43 bits per heavy atom. The molecule has 2 N–H and O–H groups in total. The van der Waals surface area contributed by atoms with Crippen LogP contribution in [0.2, 0.25) is 0 Å². The van der Waals surface area contributed by atoms with Crippen LogP contribution >= 0.6 is 11.3 Å². The second-order valence-electron chi connectivity index (χ2n) is 5.26.